The Morgan fingerprint density at radius 3 is 2.55 bits per heavy atom. The summed E-state index contributed by atoms with van der Waals surface area (Å²) >= 11 is 0. The molecule has 7 N–H and O–H groups in total. The monoisotopic (exact) mass is 427 g/mol. The molecule has 0 spiro atoms. The summed E-state index contributed by atoms with van der Waals surface area (Å²) in [5, 5.41) is 45.6. The molecule has 0 aliphatic rings. The van der Waals surface area contributed by atoms with E-state index < -0.39 is 28.1 Å². The van der Waals surface area contributed by atoms with Crippen LogP contribution in [0.5, 0.6) is 0 Å². The van der Waals surface area contributed by atoms with Gasteiger partial charge in [-0.1, -0.05) is 12.1 Å². The predicted molar refractivity (Wildman–Crippen MR) is 110 cm³/mol. The van der Waals surface area contributed by atoms with Crippen LogP contribution in [0.25, 0.3) is 11.0 Å². The normalized spacial score (nSPS) is 14.8. The third kappa shape index (κ3) is 4.80. The van der Waals surface area contributed by atoms with E-state index in [1.165, 1.54) is 24.4 Å². The lowest BCUT2D eigenvalue weighted by molar-refractivity contribution is -1.06. The van der Waals surface area contributed by atoms with Crippen LogP contribution in [0.2, 0.25) is 0 Å². The highest BCUT2D eigenvalue weighted by molar-refractivity contribution is 6.44. The second kappa shape index (κ2) is 9.09. The summed E-state index contributed by atoms with van der Waals surface area (Å²) in [6.07, 6.45) is 1.19. The topological polar surface area (TPSA) is 189 Å². The van der Waals surface area contributed by atoms with Crippen molar-refractivity contribution in [1.82, 2.24) is 9.97 Å². The Balaban J connectivity index is 1.99. The number of aryl methyl sites for hydroxylation is 2. The summed E-state index contributed by atoms with van der Waals surface area (Å²) < 4.78 is 0. The van der Waals surface area contributed by atoms with Crippen LogP contribution in [0.3, 0.4) is 0 Å². The fourth-order valence-corrected chi connectivity index (χ4v) is 3.00. The average molecular weight is 427 g/mol. The summed E-state index contributed by atoms with van der Waals surface area (Å²) in [6.45, 7) is 3.64. The van der Waals surface area contributed by atoms with Gasteiger partial charge in [0.05, 0.1) is 17.2 Å². The van der Waals surface area contributed by atoms with Crippen LogP contribution in [-0.4, -0.2) is 32.0 Å². The van der Waals surface area contributed by atoms with Gasteiger partial charge in [0.25, 0.3) is 5.91 Å². The molecule has 162 valence electrons. The van der Waals surface area contributed by atoms with Crippen molar-refractivity contribution in [2.45, 2.75) is 19.9 Å². The molecule has 0 saturated heterocycles. The quantitative estimate of drug-likeness (QED) is 0.171. The van der Waals surface area contributed by atoms with Crippen LogP contribution in [-0.2, 0) is 4.79 Å². The van der Waals surface area contributed by atoms with E-state index in [0.29, 0.717) is 11.2 Å². The average Bonchev–Trinajstić information content (AvgIpc) is 2.73. The third-order valence-corrected chi connectivity index (χ3v) is 4.64. The molecule has 0 fully saturated rings. The van der Waals surface area contributed by atoms with Crippen LogP contribution < -0.4 is 21.6 Å². The van der Waals surface area contributed by atoms with Gasteiger partial charge in [0.2, 0.25) is 6.04 Å². The van der Waals surface area contributed by atoms with Gasteiger partial charge in [-0.25, -0.2) is 20.6 Å². The van der Waals surface area contributed by atoms with E-state index in [0.717, 1.165) is 11.1 Å². The van der Waals surface area contributed by atoms with Gasteiger partial charge in [-0.15, -0.1) is 0 Å². The maximum atomic E-state index is 12.8. The Labute approximate surface area is 176 Å². The van der Waals surface area contributed by atoms with Gasteiger partial charge in [-0.05, 0) is 37.1 Å². The molecular weight excluding hydrogens is 406 g/mol. The Hall–Kier alpha value is -3.52. The number of nitrogens with one attached hydrogen (secondary N) is 3. The van der Waals surface area contributed by atoms with Crippen LogP contribution >= 0.6 is 0 Å². The van der Waals surface area contributed by atoms with Gasteiger partial charge < -0.3 is 21.6 Å². The molecule has 1 aromatic heterocycles. The van der Waals surface area contributed by atoms with E-state index in [9.17, 15) is 20.4 Å². The van der Waals surface area contributed by atoms with Crippen molar-refractivity contribution < 1.29 is 25.7 Å². The first kappa shape index (κ1) is 22.2. The second-order valence-electron chi connectivity index (χ2n) is 6.86. The van der Waals surface area contributed by atoms with E-state index in [-0.39, 0.29) is 16.9 Å². The molecule has 0 aliphatic carbocycles. The van der Waals surface area contributed by atoms with Crippen molar-refractivity contribution in [2.24, 2.45) is 10.9 Å². The lowest BCUT2D eigenvalue weighted by Crippen LogP contribution is -3.06. The summed E-state index contributed by atoms with van der Waals surface area (Å²) in [5.74, 6) is 4.58. The number of amides is 1. The summed E-state index contributed by atoms with van der Waals surface area (Å²) in [6, 6.07) is 7.89. The molecule has 1 heterocycles. The molecule has 3 aromatic rings. The molecule has 31 heavy (non-hydrogen) atoms. The SMILES string of the molecule is Cc1ccc(C)c(NC(=O)/C(=N/N)C(c2cnc3ccc([NH+]([O-])O)cc3n2)[NH+]([O-])O)c1. The molecule has 3 unspecified atom stereocenters. The zero-order valence-corrected chi connectivity index (χ0v) is 16.7. The summed E-state index contributed by atoms with van der Waals surface area (Å²) in [4.78, 5) is 21.2. The first-order valence-corrected chi connectivity index (χ1v) is 9.10. The van der Waals surface area contributed by atoms with E-state index in [1.54, 1.807) is 13.0 Å². The fourth-order valence-electron chi connectivity index (χ4n) is 3.00. The van der Waals surface area contributed by atoms with Crippen LogP contribution in [0.15, 0.2) is 47.7 Å². The van der Waals surface area contributed by atoms with Crippen molar-refractivity contribution in [1.29, 1.82) is 0 Å². The van der Waals surface area contributed by atoms with Crippen LogP contribution in [0.1, 0.15) is 22.9 Å². The van der Waals surface area contributed by atoms with Gasteiger partial charge in [-0.3, -0.25) is 9.78 Å². The maximum absolute atomic E-state index is 12.8. The number of fused-ring (bicyclic) bond motifs is 1. The van der Waals surface area contributed by atoms with Crippen molar-refractivity contribution in [3.8, 4) is 0 Å². The highest BCUT2D eigenvalue weighted by Crippen LogP contribution is 2.19. The van der Waals surface area contributed by atoms with Gasteiger partial charge in [0.15, 0.2) is 11.4 Å². The zero-order chi connectivity index (χ0) is 22.7. The van der Waals surface area contributed by atoms with Gasteiger partial charge in [-0.2, -0.15) is 10.3 Å². The fraction of sp³-hybridized carbons (Fsp3) is 0.158. The molecule has 2 aromatic carbocycles. The first-order chi connectivity index (χ1) is 14.7. The van der Waals surface area contributed by atoms with E-state index in [2.05, 4.69) is 20.4 Å². The number of hydrogen-bond acceptors (Lipinski definition) is 9. The molecular formula is C19H21N7O5. The minimum atomic E-state index is -1.61. The Kier molecular flexibility index (Phi) is 6.50. The molecule has 3 atom stereocenters. The van der Waals surface area contributed by atoms with Crippen LogP contribution in [0.4, 0.5) is 11.4 Å². The zero-order valence-electron chi connectivity index (χ0n) is 16.7. The van der Waals surface area contributed by atoms with Crippen molar-refractivity contribution in [2.75, 3.05) is 5.32 Å². The molecule has 12 nitrogen and oxygen atoms in total. The largest absolute Gasteiger partial charge is 0.599 e. The van der Waals surface area contributed by atoms with Gasteiger partial charge in [0, 0.05) is 17.8 Å². The number of benzene rings is 2. The molecule has 3 rings (SSSR count). The summed E-state index contributed by atoms with van der Waals surface area (Å²) in [7, 11) is 0. The number of hydrazone groups is 1. The van der Waals surface area contributed by atoms with E-state index in [1.807, 2.05) is 19.1 Å². The molecule has 12 heteroatoms. The minimum Gasteiger partial charge on any atom is -0.599 e. The highest BCUT2D eigenvalue weighted by Gasteiger charge is 2.33. The number of nitrogens with zero attached hydrogens (tertiary/aromatic N) is 3. The second-order valence-corrected chi connectivity index (χ2v) is 6.86. The molecule has 0 radical (unpaired) electrons. The van der Waals surface area contributed by atoms with Crippen molar-refractivity contribution in [3.05, 3.63) is 69.8 Å². The van der Waals surface area contributed by atoms with Gasteiger partial charge >= 0.3 is 0 Å². The van der Waals surface area contributed by atoms with E-state index >= 15 is 0 Å². The first-order valence-electron chi connectivity index (χ1n) is 9.10. The molecule has 0 aliphatic heterocycles. The molecule has 1 amide bonds. The molecule has 0 saturated carbocycles. The lowest BCUT2D eigenvalue weighted by Gasteiger charge is -2.24. The highest BCUT2D eigenvalue weighted by atomic mass is 16.8. The van der Waals surface area contributed by atoms with Gasteiger partial charge in [0.1, 0.15) is 5.69 Å². The number of anilines is 1. The standard InChI is InChI=1S/C19H21N7O5/c1-10-3-4-11(2)14(7-10)23-19(27)17(24-20)18(26(30)31)16-9-21-13-6-5-12(25(28)29)8-15(13)22-16/h3-9,18,25-26,28,30H,20H2,1-2H3,(H,23,27)/b24-17+. The number of hydrogen-bond donors (Lipinski definition) is 6. The lowest BCUT2D eigenvalue weighted by atomic mass is 10.1. The van der Waals surface area contributed by atoms with Crippen LogP contribution in [0, 0.1) is 24.3 Å². The maximum Gasteiger partial charge on any atom is 0.278 e. The van der Waals surface area contributed by atoms with Crippen molar-refractivity contribution >= 4 is 34.0 Å². The van der Waals surface area contributed by atoms with E-state index in [4.69, 9.17) is 11.0 Å². The smallest absolute Gasteiger partial charge is 0.278 e. The number of hydroxylamine groups is 2. The minimum absolute atomic E-state index is 0.0359. The number of quaternary nitrogens is 2. The Morgan fingerprint density at radius 1 is 1.16 bits per heavy atom. The number of rotatable bonds is 6. The number of nitrogens with two attached hydrogens (primary N) is 1. The summed E-state index contributed by atoms with van der Waals surface area (Å²) in [5.41, 5.74) is 2.07. The number of carbonyl (C=O) groups excluding carboxylic acids is 1. The van der Waals surface area contributed by atoms with Crippen molar-refractivity contribution in [3.63, 3.8) is 0 Å². The number of aromatic nitrogens is 2. The number of carbonyl (C=O) groups is 1. The predicted octanol–water partition coefficient (Wildman–Crippen LogP) is -0.584. The third-order valence-electron chi connectivity index (χ3n) is 4.64. The Bertz CT molecular complexity index is 1150. The Morgan fingerprint density at radius 2 is 1.90 bits per heavy atom. The molecule has 0 bridgehead atoms.